The first-order valence-corrected chi connectivity index (χ1v) is 13.7. The molecule has 3 atom stereocenters. The Kier molecular flexibility index (Phi) is 10.6. The van der Waals surface area contributed by atoms with Crippen molar-refractivity contribution in [3.8, 4) is 11.8 Å². The zero-order valence-corrected chi connectivity index (χ0v) is 24.9. The Morgan fingerprint density at radius 1 is 1.19 bits per heavy atom. The molecule has 0 aliphatic carbocycles. The zero-order valence-electron chi connectivity index (χ0n) is 24.2. The molecule has 2 aromatic carbocycles. The predicted octanol–water partition coefficient (Wildman–Crippen LogP) is 5.21. The van der Waals surface area contributed by atoms with E-state index in [1.165, 1.54) is 44.0 Å². The SMILES string of the molecule is CN/N=C(C)\C=C(/C=O)Oc1c(F)cc(C(=O)N[C@H](C)C(=O)N2C(c3ccc(F)c(Cl)c3)CCC2C(C)(C)C#N)cc1F. The van der Waals surface area contributed by atoms with Crippen LogP contribution in [0.15, 0.2) is 47.3 Å². The molecule has 2 unspecified atom stereocenters. The highest BCUT2D eigenvalue weighted by molar-refractivity contribution is 6.30. The Labute approximate surface area is 252 Å². The summed E-state index contributed by atoms with van der Waals surface area (Å²) < 4.78 is 48.6. The van der Waals surface area contributed by atoms with E-state index in [0.29, 0.717) is 36.2 Å². The molecule has 0 saturated carbocycles. The lowest BCUT2D eigenvalue weighted by atomic mass is 9.84. The monoisotopic (exact) mass is 617 g/mol. The van der Waals surface area contributed by atoms with Crippen LogP contribution in [0.1, 0.15) is 62.5 Å². The third kappa shape index (κ3) is 7.53. The third-order valence-electron chi connectivity index (χ3n) is 7.04. The van der Waals surface area contributed by atoms with Crippen molar-refractivity contribution in [2.24, 2.45) is 10.5 Å². The van der Waals surface area contributed by atoms with Crippen molar-refractivity contribution in [2.75, 3.05) is 7.05 Å². The van der Waals surface area contributed by atoms with Crippen LogP contribution in [0.5, 0.6) is 5.75 Å². The molecule has 2 amide bonds. The number of hydrogen-bond acceptors (Lipinski definition) is 7. The molecule has 1 aliphatic rings. The summed E-state index contributed by atoms with van der Waals surface area (Å²) in [4.78, 5) is 39.6. The molecule has 0 aromatic heterocycles. The van der Waals surface area contributed by atoms with Gasteiger partial charge in [-0.3, -0.25) is 14.4 Å². The van der Waals surface area contributed by atoms with Gasteiger partial charge in [0.1, 0.15) is 11.9 Å². The van der Waals surface area contributed by atoms with Gasteiger partial charge in [0.05, 0.1) is 34.3 Å². The quantitative estimate of drug-likeness (QED) is 0.124. The predicted molar refractivity (Wildman–Crippen MR) is 154 cm³/mol. The number of benzene rings is 2. The first-order chi connectivity index (χ1) is 20.2. The minimum atomic E-state index is -1.26. The van der Waals surface area contributed by atoms with Crippen molar-refractivity contribution >= 4 is 35.4 Å². The van der Waals surface area contributed by atoms with Gasteiger partial charge >= 0.3 is 0 Å². The molecule has 1 saturated heterocycles. The van der Waals surface area contributed by atoms with E-state index >= 15 is 0 Å². The first kappa shape index (κ1) is 33.1. The van der Waals surface area contributed by atoms with Gasteiger partial charge in [0.25, 0.3) is 5.91 Å². The van der Waals surface area contributed by atoms with Crippen LogP contribution in [-0.2, 0) is 9.59 Å². The summed E-state index contributed by atoms with van der Waals surface area (Å²) in [7, 11) is 1.52. The number of carbonyl (C=O) groups excluding carboxylic acids is 3. The van der Waals surface area contributed by atoms with Crippen LogP contribution < -0.4 is 15.5 Å². The lowest BCUT2D eigenvalue weighted by Gasteiger charge is -2.38. The summed E-state index contributed by atoms with van der Waals surface area (Å²) in [6, 6.07) is 5.47. The lowest BCUT2D eigenvalue weighted by molar-refractivity contribution is -0.137. The van der Waals surface area contributed by atoms with Crippen molar-refractivity contribution in [3.05, 3.63) is 75.8 Å². The highest BCUT2D eigenvalue weighted by atomic mass is 35.5. The van der Waals surface area contributed by atoms with E-state index in [1.54, 1.807) is 13.8 Å². The summed E-state index contributed by atoms with van der Waals surface area (Å²) in [6.45, 7) is 6.31. The Morgan fingerprint density at radius 2 is 1.84 bits per heavy atom. The van der Waals surface area contributed by atoms with Crippen LogP contribution in [0.3, 0.4) is 0 Å². The highest BCUT2D eigenvalue weighted by Gasteiger charge is 2.46. The topological polar surface area (TPSA) is 124 Å². The summed E-state index contributed by atoms with van der Waals surface area (Å²) in [5.74, 6) is -5.98. The minimum Gasteiger partial charge on any atom is -0.448 e. The average molecular weight is 618 g/mol. The molecule has 2 aromatic rings. The number of hydrogen-bond donors (Lipinski definition) is 2. The van der Waals surface area contributed by atoms with Gasteiger partial charge < -0.3 is 20.4 Å². The first-order valence-electron chi connectivity index (χ1n) is 13.3. The van der Waals surface area contributed by atoms with E-state index < -0.39 is 69.9 Å². The van der Waals surface area contributed by atoms with Crippen molar-refractivity contribution in [1.29, 1.82) is 5.26 Å². The van der Waals surface area contributed by atoms with Crippen LogP contribution in [0.25, 0.3) is 0 Å². The zero-order chi connectivity index (χ0) is 32.1. The summed E-state index contributed by atoms with van der Waals surface area (Å²) in [5.41, 5.74) is 1.94. The Bertz CT molecular complexity index is 1500. The molecule has 43 heavy (non-hydrogen) atoms. The summed E-state index contributed by atoms with van der Waals surface area (Å²) in [5, 5.41) is 15.9. The molecular formula is C30H31ClF3N5O4. The van der Waals surface area contributed by atoms with Gasteiger partial charge in [-0.25, -0.2) is 13.2 Å². The maximum Gasteiger partial charge on any atom is 0.252 e. The van der Waals surface area contributed by atoms with Gasteiger partial charge in [0.15, 0.2) is 29.4 Å². The number of amides is 2. The standard InChI is InChI=1S/C30H31ClF3N5O4/c1-16(38-36-5)10-20(14-40)43-27-23(33)12-19(13-24(27)34)28(41)37-17(2)29(42)39-25(8-9-26(39)30(3,4)15-35)18-6-7-22(32)21(31)11-18/h6-7,10-14,17,25-26,36H,8-9H2,1-5H3,(H,37,41)/b20-10+,38-16-/t17-,25?,26?/m1/s1. The Hall–Kier alpha value is -4.37. The number of nitriles is 1. The fourth-order valence-corrected chi connectivity index (χ4v) is 5.11. The van der Waals surface area contributed by atoms with E-state index in [1.807, 2.05) is 0 Å². The van der Waals surface area contributed by atoms with E-state index in [2.05, 4.69) is 21.9 Å². The highest BCUT2D eigenvalue weighted by Crippen LogP contribution is 2.44. The fourth-order valence-electron chi connectivity index (χ4n) is 4.92. The Morgan fingerprint density at radius 3 is 2.40 bits per heavy atom. The molecule has 13 heteroatoms. The molecule has 0 spiro atoms. The van der Waals surface area contributed by atoms with Gasteiger partial charge in [-0.1, -0.05) is 17.7 Å². The Balaban J connectivity index is 1.86. The molecule has 0 radical (unpaired) electrons. The van der Waals surface area contributed by atoms with Crippen molar-refractivity contribution in [3.63, 3.8) is 0 Å². The maximum atomic E-state index is 14.8. The maximum absolute atomic E-state index is 14.8. The van der Waals surface area contributed by atoms with E-state index in [4.69, 9.17) is 16.3 Å². The van der Waals surface area contributed by atoms with E-state index in [0.717, 1.165) is 6.08 Å². The van der Waals surface area contributed by atoms with Gasteiger partial charge in [-0.15, -0.1) is 0 Å². The van der Waals surface area contributed by atoms with Crippen LogP contribution in [0.2, 0.25) is 5.02 Å². The number of allylic oxidation sites excluding steroid dienone is 2. The molecule has 3 rings (SSSR count). The normalized spacial score (nSPS) is 18.1. The number of likely N-dealkylation sites (tertiary alicyclic amines) is 1. The number of aldehydes is 1. The van der Waals surface area contributed by atoms with Gasteiger partial charge in [0.2, 0.25) is 5.91 Å². The van der Waals surface area contributed by atoms with E-state index in [9.17, 15) is 32.8 Å². The number of hydrazone groups is 1. The van der Waals surface area contributed by atoms with Crippen molar-refractivity contribution in [1.82, 2.24) is 15.6 Å². The minimum absolute atomic E-state index is 0.122. The van der Waals surface area contributed by atoms with Crippen molar-refractivity contribution in [2.45, 2.75) is 58.7 Å². The molecule has 1 heterocycles. The second-order valence-corrected chi connectivity index (χ2v) is 11.0. The smallest absolute Gasteiger partial charge is 0.252 e. The largest absolute Gasteiger partial charge is 0.448 e. The summed E-state index contributed by atoms with van der Waals surface area (Å²) in [6.07, 6.45) is 2.32. The number of rotatable bonds is 10. The molecule has 9 nitrogen and oxygen atoms in total. The fraction of sp³-hybridized carbons (Fsp3) is 0.367. The van der Waals surface area contributed by atoms with Crippen LogP contribution in [-0.4, -0.2) is 47.8 Å². The number of carbonyl (C=O) groups is 3. The second-order valence-electron chi connectivity index (χ2n) is 10.6. The van der Waals surface area contributed by atoms with Crippen LogP contribution in [0.4, 0.5) is 13.2 Å². The van der Waals surface area contributed by atoms with Gasteiger partial charge in [-0.05, 0) is 70.4 Å². The second kappa shape index (κ2) is 13.7. The van der Waals surface area contributed by atoms with Crippen molar-refractivity contribution < 1.29 is 32.3 Å². The third-order valence-corrected chi connectivity index (χ3v) is 7.33. The van der Waals surface area contributed by atoms with Gasteiger partial charge in [-0.2, -0.15) is 10.4 Å². The van der Waals surface area contributed by atoms with E-state index in [-0.39, 0.29) is 11.3 Å². The van der Waals surface area contributed by atoms with Crippen LogP contribution >= 0.6 is 11.6 Å². The molecule has 0 bridgehead atoms. The number of nitrogens with zero attached hydrogens (tertiary/aromatic N) is 3. The summed E-state index contributed by atoms with van der Waals surface area (Å²) >= 11 is 5.99. The molecule has 228 valence electrons. The molecule has 2 N–H and O–H groups in total. The average Bonchev–Trinajstić information content (AvgIpc) is 3.41. The molecular weight excluding hydrogens is 587 g/mol. The van der Waals surface area contributed by atoms with Gasteiger partial charge in [0, 0.05) is 18.7 Å². The number of nitrogens with one attached hydrogen (secondary N) is 2. The van der Waals surface area contributed by atoms with Crippen LogP contribution in [0, 0.1) is 34.2 Å². The molecule has 1 aliphatic heterocycles. The molecule has 1 fully saturated rings. The number of halogens is 4. The lowest BCUT2D eigenvalue weighted by Crippen LogP contribution is -2.52. The number of ether oxygens (including phenoxy) is 1.